The fraction of sp³-hybridized carbons (Fsp3) is 0.250. The number of benzene rings is 2. The largest absolute Gasteiger partial charge is 0.489 e. The zero-order chi connectivity index (χ0) is 12.8. The van der Waals surface area contributed by atoms with E-state index in [4.69, 9.17) is 16.3 Å². The molecule has 0 amide bonds. The molecule has 0 radical (unpaired) electrons. The Morgan fingerprint density at radius 2 is 1.83 bits per heavy atom. The summed E-state index contributed by atoms with van der Waals surface area (Å²) >= 11 is 6.01. The minimum Gasteiger partial charge on any atom is -0.489 e. The normalized spacial score (nSPS) is 10.3. The van der Waals surface area contributed by atoms with Gasteiger partial charge in [-0.05, 0) is 35.7 Å². The molecule has 0 aliphatic heterocycles. The Balaban J connectivity index is 2.09. The van der Waals surface area contributed by atoms with E-state index in [1.54, 1.807) is 0 Å². The van der Waals surface area contributed by atoms with Gasteiger partial charge in [-0.2, -0.15) is 0 Å². The number of aryl methyl sites for hydroxylation is 1. The molecule has 0 atom stereocenters. The lowest BCUT2D eigenvalue weighted by Gasteiger charge is -2.11. The number of rotatable bonds is 5. The Bertz CT molecular complexity index is 494. The van der Waals surface area contributed by atoms with Gasteiger partial charge in [0.25, 0.3) is 0 Å². The Kier molecular flexibility index (Phi) is 4.66. The molecule has 0 aromatic heterocycles. The molecule has 0 aliphatic carbocycles. The summed E-state index contributed by atoms with van der Waals surface area (Å²) in [6.07, 6.45) is 2.08. The van der Waals surface area contributed by atoms with E-state index in [-0.39, 0.29) is 0 Å². The molecule has 2 aromatic carbocycles. The van der Waals surface area contributed by atoms with Crippen LogP contribution in [0.1, 0.15) is 24.5 Å². The molecule has 0 saturated carbocycles. The van der Waals surface area contributed by atoms with Gasteiger partial charge in [0, 0.05) is 5.02 Å². The molecule has 94 valence electrons. The van der Waals surface area contributed by atoms with Gasteiger partial charge in [0.05, 0.1) is 0 Å². The molecule has 0 bridgehead atoms. The van der Waals surface area contributed by atoms with Gasteiger partial charge in [-0.3, -0.25) is 0 Å². The smallest absolute Gasteiger partial charge is 0.123 e. The number of ether oxygens (including phenoxy) is 1. The van der Waals surface area contributed by atoms with E-state index in [0.717, 1.165) is 23.6 Å². The zero-order valence-electron chi connectivity index (χ0n) is 10.5. The molecular weight excluding hydrogens is 244 g/mol. The van der Waals surface area contributed by atoms with Crippen molar-refractivity contribution in [3.63, 3.8) is 0 Å². The van der Waals surface area contributed by atoms with Crippen LogP contribution in [0.4, 0.5) is 0 Å². The highest BCUT2D eigenvalue weighted by Crippen LogP contribution is 2.25. The lowest BCUT2D eigenvalue weighted by molar-refractivity contribution is 0.303. The number of halogens is 1. The molecule has 2 aromatic rings. The monoisotopic (exact) mass is 260 g/mol. The van der Waals surface area contributed by atoms with Crippen molar-refractivity contribution in [2.75, 3.05) is 0 Å². The van der Waals surface area contributed by atoms with E-state index in [9.17, 15) is 0 Å². The van der Waals surface area contributed by atoms with Gasteiger partial charge in [-0.25, -0.2) is 0 Å². The first-order chi connectivity index (χ1) is 8.79. The van der Waals surface area contributed by atoms with Gasteiger partial charge in [0.2, 0.25) is 0 Å². The molecule has 0 aliphatic rings. The molecule has 0 N–H and O–H groups in total. The first kappa shape index (κ1) is 13.0. The van der Waals surface area contributed by atoms with E-state index in [1.165, 1.54) is 11.1 Å². The number of hydrogen-bond acceptors (Lipinski definition) is 1. The Morgan fingerprint density at radius 1 is 1.06 bits per heavy atom. The first-order valence-electron chi connectivity index (χ1n) is 6.24. The van der Waals surface area contributed by atoms with Crippen molar-refractivity contribution >= 4 is 11.6 Å². The average molecular weight is 261 g/mol. The third kappa shape index (κ3) is 3.51. The van der Waals surface area contributed by atoms with Crippen molar-refractivity contribution in [3.05, 3.63) is 64.7 Å². The SMILES string of the molecule is CCCc1cc(Cl)ccc1OCc1ccccc1. The molecule has 0 saturated heterocycles. The van der Waals surface area contributed by atoms with Gasteiger partial charge < -0.3 is 4.74 Å². The highest BCUT2D eigenvalue weighted by molar-refractivity contribution is 6.30. The van der Waals surface area contributed by atoms with Crippen LogP contribution in [0.25, 0.3) is 0 Å². The summed E-state index contributed by atoms with van der Waals surface area (Å²) in [5.74, 6) is 0.935. The number of hydrogen-bond donors (Lipinski definition) is 0. The fourth-order valence-electron chi connectivity index (χ4n) is 1.89. The molecule has 0 heterocycles. The molecule has 2 rings (SSSR count). The fourth-order valence-corrected chi connectivity index (χ4v) is 2.08. The van der Waals surface area contributed by atoms with Gasteiger partial charge in [-0.15, -0.1) is 0 Å². The van der Waals surface area contributed by atoms with E-state index >= 15 is 0 Å². The summed E-state index contributed by atoms with van der Waals surface area (Å²) in [5, 5.41) is 0.769. The third-order valence-electron chi connectivity index (χ3n) is 2.78. The third-order valence-corrected chi connectivity index (χ3v) is 3.01. The maximum Gasteiger partial charge on any atom is 0.123 e. The summed E-state index contributed by atoms with van der Waals surface area (Å²) in [4.78, 5) is 0. The van der Waals surface area contributed by atoms with Crippen LogP contribution >= 0.6 is 11.6 Å². The summed E-state index contributed by atoms with van der Waals surface area (Å²) in [7, 11) is 0. The summed E-state index contributed by atoms with van der Waals surface area (Å²) < 4.78 is 5.87. The van der Waals surface area contributed by atoms with Crippen LogP contribution in [-0.4, -0.2) is 0 Å². The second-order valence-electron chi connectivity index (χ2n) is 4.28. The second-order valence-corrected chi connectivity index (χ2v) is 4.71. The van der Waals surface area contributed by atoms with Crippen molar-refractivity contribution in [3.8, 4) is 5.75 Å². The molecule has 1 nitrogen and oxygen atoms in total. The van der Waals surface area contributed by atoms with E-state index in [0.29, 0.717) is 6.61 Å². The molecule has 18 heavy (non-hydrogen) atoms. The Labute approximate surface area is 113 Å². The van der Waals surface area contributed by atoms with Crippen LogP contribution in [0, 0.1) is 0 Å². The molecule has 0 spiro atoms. The Hall–Kier alpha value is -1.47. The van der Waals surface area contributed by atoms with Crippen molar-refractivity contribution in [1.29, 1.82) is 0 Å². The summed E-state index contributed by atoms with van der Waals surface area (Å²) in [6.45, 7) is 2.75. The van der Waals surface area contributed by atoms with Crippen LogP contribution in [0.2, 0.25) is 5.02 Å². The highest BCUT2D eigenvalue weighted by Gasteiger charge is 2.04. The second kappa shape index (κ2) is 6.46. The predicted octanol–water partition coefficient (Wildman–Crippen LogP) is 4.87. The summed E-state index contributed by atoms with van der Waals surface area (Å²) in [6, 6.07) is 16.0. The lowest BCUT2D eigenvalue weighted by atomic mass is 10.1. The molecule has 0 fully saturated rings. The van der Waals surface area contributed by atoms with Crippen LogP contribution < -0.4 is 4.74 Å². The van der Waals surface area contributed by atoms with Crippen molar-refractivity contribution in [2.45, 2.75) is 26.4 Å². The molecular formula is C16H17ClO. The minimum atomic E-state index is 0.596. The maximum atomic E-state index is 6.01. The van der Waals surface area contributed by atoms with Crippen LogP contribution in [0.3, 0.4) is 0 Å². The first-order valence-corrected chi connectivity index (χ1v) is 6.62. The van der Waals surface area contributed by atoms with E-state index in [1.807, 2.05) is 36.4 Å². The predicted molar refractivity (Wildman–Crippen MR) is 76.2 cm³/mol. The van der Waals surface area contributed by atoms with E-state index < -0.39 is 0 Å². The molecule has 2 heteroatoms. The summed E-state index contributed by atoms with van der Waals surface area (Å²) in [5.41, 5.74) is 2.36. The van der Waals surface area contributed by atoms with Crippen LogP contribution in [0.15, 0.2) is 48.5 Å². The lowest BCUT2D eigenvalue weighted by Crippen LogP contribution is -1.98. The van der Waals surface area contributed by atoms with Crippen molar-refractivity contribution in [2.24, 2.45) is 0 Å². The standard InChI is InChI=1S/C16H17ClO/c1-2-6-14-11-15(17)9-10-16(14)18-12-13-7-4-3-5-8-13/h3-5,7-11H,2,6,12H2,1H3. The highest BCUT2D eigenvalue weighted by atomic mass is 35.5. The van der Waals surface area contributed by atoms with Crippen molar-refractivity contribution < 1.29 is 4.74 Å². The quantitative estimate of drug-likeness (QED) is 0.745. The minimum absolute atomic E-state index is 0.596. The van der Waals surface area contributed by atoms with Gasteiger partial charge >= 0.3 is 0 Å². The van der Waals surface area contributed by atoms with Gasteiger partial charge in [-0.1, -0.05) is 55.3 Å². The maximum absolute atomic E-state index is 6.01. The van der Waals surface area contributed by atoms with E-state index in [2.05, 4.69) is 19.1 Å². The molecule has 0 unspecified atom stereocenters. The van der Waals surface area contributed by atoms with Crippen molar-refractivity contribution in [1.82, 2.24) is 0 Å². The van der Waals surface area contributed by atoms with Crippen LogP contribution in [0.5, 0.6) is 5.75 Å². The average Bonchev–Trinajstić information content (AvgIpc) is 2.39. The van der Waals surface area contributed by atoms with Gasteiger partial charge in [0.1, 0.15) is 12.4 Å². The van der Waals surface area contributed by atoms with Gasteiger partial charge in [0.15, 0.2) is 0 Å². The zero-order valence-corrected chi connectivity index (χ0v) is 11.3. The van der Waals surface area contributed by atoms with Crippen LogP contribution in [-0.2, 0) is 13.0 Å². The Morgan fingerprint density at radius 3 is 2.56 bits per heavy atom. The topological polar surface area (TPSA) is 9.23 Å².